The molecule has 31 heavy (non-hydrogen) atoms. The van der Waals surface area contributed by atoms with E-state index >= 15 is 0 Å². The molecular formula is C21H24N4O4S2. The third-order valence-corrected chi connectivity index (χ3v) is 7.14. The quantitative estimate of drug-likeness (QED) is 0.530. The molecule has 0 aliphatic carbocycles. The molecule has 0 saturated carbocycles. The third-order valence-electron chi connectivity index (χ3n) is 4.40. The zero-order valence-electron chi connectivity index (χ0n) is 17.5. The van der Waals surface area contributed by atoms with Crippen LogP contribution in [0.3, 0.4) is 0 Å². The molecule has 0 fully saturated rings. The van der Waals surface area contributed by atoms with Gasteiger partial charge in [0.25, 0.3) is 20.0 Å². The first kappa shape index (κ1) is 22.7. The summed E-state index contributed by atoms with van der Waals surface area (Å²) >= 11 is 0. The normalized spacial score (nSPS) is 11.8. The van der Waals surface area contributed by atoms with Gasteiger partial charge in [0.2, 0.25) is 5.95 Å². The SMILES string of the molecule is CCCc1ccc(S(=O)(=O)Nc2ccc(S(=O)(=O)Nc3nc(C)cc(C)n3)cc2)cc1. The lowest BCUT2D eigenvalue weighted by Gasteiger charge is -2.11. The fraction of sp³-hybridized carbons (Fsp3) is 0.238. The van der Waals surface area contributed by atoms with E-state index in [-0.39, 0.29) is 21.4 Å². The Morgan fingerprint density at radius 1 is 0.742 bits per heavy atom. The summed E-state index contributed by atoms with van der Waals surface area (Å²) in [7, 11) is -7.71. The molecule has 2 aromatic carbocycles. The average molecular weight is 461 g/mol. The Bertz CT molecular complexity index is 1250. The highest BCUT2D eigenvalue weighted by Gasteiger charge is 2.18. The van der Waals surface area contributed by atoms with Crippen molar-refractivity contribution < 1.29 is 16.8 Å². The predicted octanol–water partition coefficient (Wildman–Crippen LogP) is 3.65. The van der Waals surface area contributed by atoms with Crippen molar-refractivity contribution >= 4 is 31.7 Å². The number of anilines is 2. The summed E-state index contributed by atoms with van der Waals surface area (Å²) in [5, 5.41) is 0. The fourth-order valence-electron chi connectivity index (χ4n) is 2.99. The molecule has 8 nitrogen and oxygen atoms in total. The topological polar surface area (TPSA) is 118 Å². The van der Waals surface area contributed by atoms with E-state index in [0.29, 0.717) is 11.4 Å². The van der Waals surface area contributed by atoms with Crippen LogP contribution in [0.25, 0.3) is 0 Å². The van der Waals surface area contributed by atoms with Gasteiger partial charge in [-0.15, -0.1) is 0 Å². The number of nitrogens with zero attached hydrogens (tertiary/aromatic N) is 2. The smallest absolute Gasteiger partial charge is 0.264 e. The van der Waals surface area contributed by atoms with E-state index in [4.69, 9.17) is 0 Å². The van der Waals surface area contributed by atoms with Gasteiger partial charge in [0.05, 0.1) is 9.79 Å². The van der Waals surface area contributed by atoms with Crippen LogP contribution in [-0.4, -0.2) is 26.8 Å². The lowest BCUT2D eigenvalue weighted by atomic mass is 10.1. The molecule has 0 bridgehead atoms. The van der Waals surface area contributed by atoms with Crippen molar-refractivity contribution in [1.29, 1.82) is 0 Å². The Labute approximate surface area is 182 Å². The van der Waals surface area contributed by atoms with Gasteiger partial charge in [0.15, 0.2) is 0 Å². The molecule has 1 aromatic heterocycles. The van der Waals surface area contributed by atoms with Crippen molar-refractivity contribution in [2.24, 2.45) is 0 Å². The van der Waals surface area contributed by atoms with Crippen LogP contribution in [0.2, 0.25) is 0 Å². The zero-order chi connectivity index (χ0) is 22.6. The van der Waals surface area contributed by atoms with Gasteiger partial charge in [-0.1, -0.05) is 25.5 Å². The highest BCUT2D eigenvalue weighted by molar-refractivity contribution is 7.93. The molecule has 2 N–H and O–H groups in total. The van der Waals surface area contributed by atoms with Crippen molar-refractivity contribution in [3.63, 3.8) is 0 Å². The molecule has 3 aromatic rings. The van der Waals surface area contributed by atoms with Gasteiger partial charge in [-0.05, 0) is 68.3 Å². The molecule has 0 saturated heterocycles. The lowest BCUT2D eigenvalue weighted by Crippen LogP contribution is -2.16. The van der Waals surface area contributed by atoms with Gasteiger partial charge in [-0.25, -0.2) is 31.5 Å². The molecule has 1 heterocycles. The number of nitrogens with one attached hydrogen (secondary N) is 2. The van der Waals surface area contributed by atoms with Gasteiger partial charge >= 0.3 is 0 Å². The maximum atomic E-state index is 12.6. The minimum absolute atomic E-state index is 0.0196. The van der Waals surface area contributed by atoms with Gasteiger partial charge in [-0.2, -0.15) is 0 Å². The first-order valence-corrected chi connectivity index (χ1v) is 12.6. The van der Waals surface area contributed by atoms with Gasteiger partial charge in [-0.3, -0.25) is 4.72 Å². The standard InChI is InChI=1S/C21H24N4O4S2/c1-4-5-17-6-10-19(11-7-17)30(26,27)24-18-8-12-20(13-9-18)31(28,29)25-21-22-15(2)14-16(3)23-21/h6-14,24H,4-5H2,1-3H3,(H,22,23,25). The van der Waals surface area contributed by atoms with Crippen molar-refractivity contribution in [2.75, 3.05) is 9.44 Å². The second kappa shape index (κ2) is 9.03. The number of sulfonamides is 2. The largest absolute Gasteiger partial charge is 0.280 e. The molecule has 0 amide bonds. The fourth-order valence-corrected chi connectivity index (χ4v) is 4.99. The third kappa shape index (κ3) is 5.80. The van der Waals surface area contributed by atoms with Crippen LogP contribution in [0, 0.1) is 13.8 Å². The van der Waals surface area contributed by atoms with Crippen molar-refractivity contribution in [2.45, 2.75) is 43.4 Å². The summed E-state index contributed by atoms with van der Waals surface area (Å²) in [6, 6.07) is 13.8. The van der Waals surface area contributed by atoms with Crippen LogP contribution in [0.1, 0.15) is 30.3 Å². The van der Waals surface area contributed by atoms with E-state index in [1.807, 2.05) is 0 Å². The number of hydrogen-bond donors (Lipinski definition) is 2. The molecule has 10 heteroatoms. The van der Waals surface area contributed by atoms with E-state index < -0.39 is 20.0 Å². The average Bonchev–Trinajstić information content (AvgIpc) is 2.67. The lowest BCUT2D eigenvalue weighted by molar-refractivity contribution is 0.599. The van der Waals surface area contributed by atoms with Gasteiger partial charge in [0.1, 0.15) is 0 Å². The predicted molar refractivity (Wildman–Crippen MR) is 120 cm³/mol. The summed E-state index contributed by atoms with van der Waals surface area (Å²) in [5.74, 6) is -0.0196. The Balaban J connectivity index is 1.75. The zero-order valence-corrected chi connectivity index (χ0v) is 19.1. The monoisotopic (exact) mass is 460 g/mol. The van der Waals surface area contributed by atoms with E-state index in [0.717, 1.165) is 18.4 Å². The summed E-state index contributed by atoms with van der Waals surface area (Å²) in [4.78, 5) is 8.23. The van der Waals surface area contributed by atoms with E-state index in [9.17, 15) is 16.8 Å². The molecule has 0 atom stereocenters. The van der Waals surface area contributed by atoms with Crippen LogP contribution in [-0.2, 0) is 26.5 Å². The van der Waals surface area contributed by atoms with Crippen LogP contribution in [0.15, 0.2) is 64.4 Å². The summed E-state index contributed by atoms with van der Waals surface area (Å²) in [6.07, 6.45) is 1.86. The van der Waals surface area contributed by atoms with Crippen molar-refractivity contribution in [3.05, 3.63) is 71.5 Å². The Morgan fingerprint density at radius 2 is 1.23 bits per heavy atom. The maximum Gasteiger partial charge on any atom is 0.264 e. The van der Waals surface area contributed by atoms with Crippen LogP contribution in [0.4, 0.5) is 11.6 Å². The Kier molecular flexibility index (Phi) is 6.61. The number of aromatic nitrogens is 2. The van der Waals surface area contributed by atoms with Crippen molar-refractivity contribution in [3.8, 4) is 0 Å². The molecule has 0 unspecified atom stereocenters. The van der Waals surface area contributed by atoms with E-state index in [1.54, 1.807) is 44.2 Å². The van der Waals surface area contributed by atoms with Crippen LogP contribution < -0.4 is 9.44 Å². The Hall–Kier alpha value is -2.98. The van der Waals surface area contributed by atoms with Crippen LogP contribution in [0.5, 0.6) is 0 Å². The number of rotatable bonds is 8. The summed E-state index contributed by atoms with van der Waals surface area (Å²) in [6.45, 7) is 5.54. The number of benzene rings is 2. The van der Waals surface area contributed by atoms with Crippen LogP contribution >= 0.6 is 0 Å². The van der Waals surface area contributed by atoms with Gasteiger partial charge in [0, 0.05) is 17.1 Å². The summed E-state index contributed by atoms with van der Waals surface area (Å²) in [5.41, 5.74) is 2.59. The molecule has 0 radical (unpaired) electrons. The highest BCUT2D eigenvalue weighted by atomic mass is 32.2. The molecule has 0 aliphatic heterocycles. The summed E-state index contributed by atoms with van der Waals surface area (Å²) < 4.78 is 55.2. The Morgan fingerprint density at radius 3 is 1.74 bits per heavy atom. The maximum absolute atomic E-state index is 12.6. The second-order valence-corrected chi connectivity index (χ2v) is 10.5. The number of hydrogen-bond acceptors (Lipinski definition) is 6. The molecule has 0 spiro atoms. The second-order valence-electron chi connectivity index (χ2n) is 7.10. The molecule has 164 valence electrons. The van der Waals surface area contributed by atoms with E-state index in [2.05, 4.69) is 26.3 Å². The highest BCUT2D eigenvalue weighted by Crippen LogP contribution is 2.20. The minimum atomic E-state index is -3.92. The first-order chi connectivity index (χ1) is 14.6. The molecule has 3 rings (SSSR count). The molecule has 0 aliphatic rings. The van der Waals surface area contributed by atoms with E-state index in [1.165, 1.54) is 24.3 Å². The number of aryl methyl sites for hydroxylation is 3. The van der Waals surface area contributed by atoms with Gasteiger partial charge < -0.3 is 0 Å². The first-order valence-electron chi connectivity index (χ1n) is 9.66. The minimum Gasteiger partial charge on any atom is -0.280 e. The van der Waals surface area contributed by atoms with Crippen molar-refractivity contribution in [1.82, 2.24) is 9.97 Å². The molecular weight excluding hydrogens is 436 g/mol.